The number of rotatable bonds is 9. The number of hydrogen-bond acceptors (Lipinski definition) is 4. The van der Waals surface area contributed by atoms with Crippen LogP contribution in [0.1, 0.15) is 51.4 Å². The van der Waals surface area contributed by atoms with Crippen LogP contribution in [0.5, 0.6) is 0 Å². The van der Waals surface area contributed by atoms with Gasteiger partial charge in [0.05, 0.1) is 7.11 Å². The van der Waals surface area contributed by atoms with E-state index in [0.29, 0.717) is 18.8 Å². The molecule has 0 bridgehead atoms. The molecule has 0 aliphatic carbocycles. The maximum atomic E-state index is 11.5. The summed E-state index contributed by atoms with van der Waals surface area (Å²) in [6.45, 7) is 2.78. The minimum atomic E-state index is -0.127. The van der Waals surface area contributed by atoms with Crippen LogP contribution >= 0.6 is 0 Å². The van der Waals surface area contributed by atoms with E-state index in [1.165, 1.54) is 7.11 Å². The van der Waals surface area contributed by atoms with E-state index >= 15 is 0 Å². The molecule has 1 aliphatic heterocycles. The minimum Gasteiger partial charge on any atom is -0.469 e. The van der Waals surface area contributed by atoms with E-state index in [0.717, 1.165) is 64.1 Å². The second-order valence-electron chi connectivity index (χ2n) is 6.52. The molecule has 0 atom stereocenters. The van der Waals surface area contributed by atoms with Crippen molar-refractivity contribution in [3.63, 3.8) is 0 Å². The van der Waals surface area contributed by atoms with Gasteiger partial charge in [0.2, 0.25) is 5.91 Å². The number of guanidine groups is 1. The number of ether oxygens (including phenoxy) is 1. The van der Waals surface area contributed by atoms with Gasteiger partial charge >= 0.3 is 5.97 Å². The third kappa shape index (κ3) is 8.74. The SMILES string of the molecule is CN=C(NCCCCCCC(=O)OC)N1CCC(CC(=O)NC)CC1. The molecule has 0 aromatic carbocycles. The van der Waals surface area contributed by atoms with Crippen LogP contribution in [0.15, 0.2) is 4.99 Å². The zero-order valence-electron chi connectivity index (χ0n) is 16.0. The predicted molar refractivity (Wildman–Crippen MR) is 99.4 cm³/mol. The number of piperidine rings is 1. The van der Waals surface area contributed by atoms with Gasteiger partial charge in [0.15, 0.2) is 5.96 Å². The average molecular weight is 354 g/mol. The van der Waals surface area contributed by atoms with Gasteiger partial charge in [-0.15, -0.1) is 0 Å². The quantitative estimate of drug-likeness (QED) is 0.284. The lowest BCUT2D eigenvalue weighted by molar-refractivity contribution is -0.140. The molecule has 0 spiro atoms. The Morgan fingerprint density at radius 1 is 1.16 bits per heavy atom. The van der Waals surface area contributed by atoms with Crippen molar-refractivity contribution in [3.05, 3.63) is 0 Å². The zero-order chi connectivity index (χ0) is 18.5. The summed E-state index contributed by atoms with van der Waals surface area (Å²) in [5.74, 6) is 1.43. The summed E-state index contributed by atoms with van der Waals surface area (Å²) in [6, 6.07) is 0. The lowest BCUT2D eigenvalue weighted by Crippen LogP contribution is -2.46. The first-order chi connectivity index (χ1) is 12.1. The number of nitrogens with zero attached hydrogens (tertiary/aromatic N) is 2. The van der Waals surface area contributed by atoms with E-state index in [4.69, 9.17) is 0 Å². The van der Waals surface area contributed by atoms with E-state index in [1.807, 2.05) is 7.05 Å². The summed E-state index contributed by atoms with van der Waals surface area (Å²) in [5, 5.41) is 6.12. The molecule has 1 saturated heterocycles. The van der Waals surface area contributed by atoms with Crippen molar-refractivity contribution in [1.82, 2.24) is 15.5 Å². The Labute approximate surface area is 151 Å². The number of likely N-dealkylation sites (tertiary alicyclic amines) is 1. The van der Waals surface area contributed by atoms with Crippen LogP contribution in [-0.2, 0) is 14.3 Å². The summed E-state index contributed by atoms with van der Waals surface area (Å²) >= 11 is 0. The highest BCUT2D eigenvalue weighted by Crippen LogP contribution is 2.20. The first-order valence-electron chi connectivity index (χ1n) is 9.33. The standard InChI is InChI=1S/C18H34N4O3/c1-19-16(23)14-15-9-12-22(13-10-15)18(20-2)21-11-7-5-4-6-8-17(24)25-3/h15H,4-14H2,1-3H3,(H,19,23)(H,20,21). The van der Waals surface area contributed by atoms with Gasteiger partial charge in [0.1, 0.15) is 0 Å². The highest BCUT2D eigenvalue weighted by molar-refractivity contribution is 5.80. The van der Waals surface area contributed by atoms with Gasteiger partial charge in [0.25, 0.3) is 0 Å². The molecule has 25 heavy (non-hydrogen) atoms. The Morgan fingerprint density at radius 3 is 2.44 bits per heavy atom. The minimum absolute atomic E-state index is 0.127. The van der Waals surface area contributed by atoms with E-state index in [9.17, 15) is 9.59 Å². The number of carbonyl (C=O) groups excluding carboxylic acids is 2. The number of unbranched alkanes of at least 4 members (excludes halogenated alkanes) is 3. The lowest BCUT2D eigenvalue weighted by atomic mass is 9.93. The fourth-order valence-electron chi connectivity index (χ4n) is 3.10. The first kappa shape index (κ1) is 21.3. The monoisotopic (exact) mass is 354 g/mol. The second-order valence-corrected chi connectivity index (χ2v) is 6.52. The van der Waals surface area contributed by atoms with Gasteiger partial charge in [-0.05, 0) is 31.6 Å². The summed E-state index contributed by atoms with van der Waals surface area (Å²) < 4.78 is 4.63. The third-order valence-corrected chi connectivity index (χ3v) is 4.70. The summed E-state index contributed by atoms with van der Waals surface area (Å²) in [7, 11) is 4.94. The van der Waals surface area contributed by atoms with Gasteiger partial charge in [0, 0.05) is 46.6 Å². The number of esters is 1. The Kier molecular flexibility index (Phi) is 10.7. The molecule has 1 amide bonds. The van der Waals surface area contributed by atoms with Gasteiger partial charge in [-0.1, -0.05) is 12.8 Å². The van der Waals surface area contributed by atoms with E-state index in [2.05, 4.69) is 25.3 Å². The number of aliphatic imine (C=N–C) groups is 1. The molecule has 0 saturated carbocycles. The number of hydrogen-bond donors (Lipinski definition) is 2. The Bertz CT molecular complexity index is 432. The molecule has 0 unspecified atom stereocenters. The average Bonchev–Trinajstić information content (AvgIpc) is 2.64. The molecule has 7 nitrogen and oxygen atoms in total. The maximum Gasteiger partial charge on any atom is 0.305 e. The molecule has 1 aliphatic rings. The van der Waals surface area contributed by atoms with Crippen molar-refractivity contribution in [2.45, 2.75) is 51.4 Å². The number of nitrogens with one attached hydrogen (secondary N) is 2. The number of amides is 1. The molecule has 144 valence electrons. The van der Waals surface area contributed by atoms with Crippen LogP contribution in [0.2, 0.25) is 0 Å². The number of methoxy groups -OCH3 is 1. The third-order valence-electron chi connectivity index (χ3n) is 4.70. The van der Waals surface area contributed by atoms with Crippen LogP contribution in [0, 0.1) is 5.92 Å². The van der Waals surface area contributed by atoms with Crippen LogP contribution in [0.25, 0.3) is 0 Å². The highest BCUT2D eigenvalue weighted by Gasteiger charge is 2.22. The molecule has 1 fully saturated rings. The Morgan fingerprint density at radius 2 is 1.84 bits per heavy atom. The molecular formula is C18H34N4O3. The Hall–Kier alpha value is -1.79. The molecule has 0 aromatic heterocycles. The molecule has 0 aromatic rings. The smallest absolute Gasteiger partial charge is 0.305 e. The van der Waals surface area contributed by atoms with Crippen molar-refractivity contribution < 1.29 is 14.3 Å². The van der Waals surface area contributed by atoms with Crippen LogP contribution < -0.4 is 10.6 Å². The molecular weight excluding hydrogens is 320 g/mol. The second kappa shape index (κ2) is 12.6. The molecule has 2 N–H and O–H groups in total. The molecule has 1 rings (SSSR count). The largest absolute Gasteiger partial charge is 0.469 e. The topological polar surface area (TPSA) is 83.0 Å². The number of carbonyl (C=O) groups is 2. The van der Waals surface area contributed by atoms with Gasteiger partial charge in [-0.25, -0.2) is 0 Å². The summed E-state index contributed by atoms with van der Waals surface area (Å²) in [5.41, 5.74) is 0. The predicted octanol–water partition coefficient (Wildman–Crippen LogP) is 1.53. The van der Waals surface area contributed by atoms with Crippen LogP contribution in [-0.4, -0.2) is 63.6 Å². The lowest BCUT2D eigenvalue weighted by Gasteiger charge is -2.34. The molecule has 0 radical (unpaired) electrons. The maximum absolute atomic E-state index is 11.5. The van der Waals surface area contributed by atoms with Gasteiger partial charge in [-0.2, -0.15) is 0 Å². The van der Waals surface area contributed by atoms with Gasteiger partial charge < -0.3 is 20.3 Å². The summed E-state index contributed by atoms with van der Waals surface area (Å²) in [6.07, 6.45) is 7.28. The van der Waals surface area contributed by atoms with Crippen molar-refractivity contribution in [2.24, 2.45) is 10.9 Å². The van der Waals surface area contributed by atoms with Crippen molar-refractivity contribution in [1.29, 1.82) is 0 Å². The van der Waals surface area contributed by atoms with Gasteiger partial charge in [-0.3, -0.25) is 14.6 Å². The fourth-order valence-corrected chi connectivity index (χ4v) is 3.10. The van der Waals surface area contributed by atoms with E-state index in [-0.39, 0.29) is 11.9 Å². The normalized spacial score (nSPS) is 15.8. The van der Waals surface area contributed by atoms with Crippen molar-refractivity contribution in [3.8, 4) is 0 Å². The van der Waals surface area contributed by atoms with E-state index in [1.54, 1.807) is 7.05 Å². The van der Waals surface area contributed by atoms with Crippen LogP contribution in [0.4, 0.5) is 0 Å². The molecule has 1 heterocycles. The first-order valence-corrected chi connectivity index (χ1v) is 9.33. The van der Waals surface area contributed by atoms with Crippen LogP contribution in [0.3, 0.4) is 0 Å². The van der Waals surface area contributed by atoms with Crippen molar-refractivity contribution in [2.75, 3.05) is 40.8 Å². The Balaban J connectivity index is 2.14. The van der Waals surface area contributed by atoms with Crippen molar-refractivity contribution >= 4 is 17.8 Å². The summed E-state index contributed by atoms with van der Waals surface area (Å²) in [4.78, 5) is 29.1. The highest BCUT2D eigenvalue weighted by atomic mass is 16.5. The zero-order valence-corrected chi connectivity index (χ0v) is 16.0. The fraction of sp³-hybridized carbons (Fsp3) is 0.833. The van der Waals surface area contributed by atoms with E-state index < -0.39 is 0 Å². The molecule has 7 heteroatoms.